The molecule has 0 amide bonds. The fourth-order valence-electron chi connectivity index (χ4n) is 3.91. The Kier molecular flexibility index (Phi) is 16.2. The van der Waals surface area contributed by atoms with Crippen LogP contribution in [0.25, 0.3) is 0 Å². The van der Waals surface area contributed by atoms with Crippen LogP contribution in [-0.4, -0.2) is 61.0 Å². The highest BCUT2D eigenvalue weighted by molar-refractivity contribution is 5.75. The van der Waals surface area contributed by atoms with E-state index in [2.05, 4.69) is 0 Å². The summed E-state index contributed by atoms with van der Waals surface area (Å²) in [6.07, 6.45) is 0.773. The minimum absolute atomic E-state index is 0.132. The average Bonchev–Trinajstić information content (AvgIpc) is 2.89. The third-order valence-corrected chi connectivity index (χ3v) is 6.27. The fourth-order valence-corrected chi connectivity index (χ4v) is 3.91. The summed E-state index contributed by atoms with van der Waals surface area (Å²) in [5.74, 6) is -3.19. The van der Waals surface area contributed by atoms with Crippen LogP contribution in [0.2, 0.25) is 0 Å². The van der Waals surface area contributed by atoms with Crippen LogP contribution in [0.3, 0.4) is 0 Å². The van der Waals surface area contributed by atoms with Crippen LogP contribution in [-0.2, 0) is 23.7 Å². The zero-order chi connectivity index (χ0) is 30.9. The van der Waals surface area contributed by atoms with E-state index in [4.69, 9.17) is 34.2 Å². The van der Waals surface area contributed by atoms with Crippen LogP contribution in [0.15, 0.2) is 18.2 Å². The maximum atomic E-state index is 12.4. The predicted octanol–water partition coefficient (Wildman–Crippen LogP) is 6.18. The lowest BCUT2D eigenvalue weighted by Crippen LogP contribution is -2.42. The minimum atomic E-state index is -1.43. The summed E-state index contributed by atoms with van der Waals surface area (Å²) in [4.78, 5) is 48.7. The molecule has 232 valence electrons. The molecule has 0 heterocycles. The lowest BCUT2D eigenvalue weighted by molar-refractivity contribution is -0.139. The van der Waals surface area contributed by atoms with Gasteiger partial charge in [0.15, 0.2) is 11.5 Å². The molecule has 0 radical (unpaired) electrons. The Labute approximate surface area is 241 Å². The highest BCUT2D eigenvalue weighted by Gasteiger charge is 2.36. The summed E-state index contributed by atoms with van der Waals surface area (Å²) < 4.78 is 31.2. The monoisotopic (exact) mass is 583 g/mol. The second-order valence-electron chi connectivity index (χ2n) is 10.0. The van der Waals surface area contributed by atoms with E-state index in [1.165, 1.54) is 18.2 Å². The summed E-state index contributed by atoms with van der Waals surface area (Å²) in [6.45, 7) is 10.9. The van der Waals surface area contributed by atoms with E-state index in [-0.39, 0.29) is 24.7 Å². The molecule has 3 unspecified atom stereocenters. The number of unbranched alkanes of at least 4 members (excludes halogenated alkanes) is 4. The number of carbonyl (C=O) groups is 4. The van der Waals surface area contributed by atoms with E-state index in [0.717, 1.165) is 25.7 Å². The van der Waals surface area contributed by atoms with Gasteiger partial charge in [-0.3, -0.25) is 4.79 Å². The Hall–Kier alpha value is -3.54. The standard InChI is InChI=1S/C29H45NO11/c1-7-9-11-15-36-27(33)40-22-14-13-21(17-23(22)41-28(34)37-16-12-10-8-2)24(25(30)26(31)32)19(5)20(6)39-29(35)38-18(3)4/h13-14,17-20,24-25H,7-12,15-16,30H2,1-6H3,(H,31,32)/t19?,20?,24?,25-/m0/s1. The molecule has 0 aromatic heterocycles. The normalized spacial score (nSPS) is 13.9. The van der Waals surface area contributed by atoms with E-state index >= 15 is 0 Å². The average molecular weight is 584 g/mol. The number of ether oxygens (including phenoxy) is 6. The zero-order valence-corrected chi connectivity index (χ0v) is 24.9. The van der Waals surface area contributed by atoms with Crippen LogP contribution in [0.5, 0.6) is 11.5 Å². The first-order valence-electron chi connectivity index (χ1n) is 14.1. The molecule has 0 bridgehead atoms. The summed E-state index contributed by atoms with van der Waals surface area (Å²) in [6, 6.07) is 2.74. The molecule has 1 aromatic rings. The lowest BCUT2D eigenvalue weighted by Gasteiger charge is -2.31. The highest BCUT2D eigenvalue weighted by Crippen LogP contribution is 2.37. The Balaban J connectivity index is 3.32. The molecule has 0 saturated heterocycles. The van der Waals surface area contributed by atoms with Crippen LogP contribution in [0, 0.1) is 5.92 Å². The molecule has 0 aliphatic rings. The Morgan fingerprint density at radius 1 is 0.780 bits per heavy atom. The van der Waals surface area contributed by atoms with Crippen molar-refractivity contribution in [2.24, 2.45) is 11.7 Å². The molecule has 0 aliphatic heterocycles. The zero-order valence-electron chi connectivity index (χ0n) is 24.9. The van der Waals surface area contributed by atoms with Gasteiger partial charge in [-0.2, -0.15) is 0 Å². The van der Waals surface area contributed by atoms with E-state index < -0.39 is 54.5 Å². The number of aliphatic carboxylic acids is 1. The van der Waals surface area contributed by atoms with Crippen LogP contribution in [0.4, 0.5) is 14.4 Å². The molecule has 0 aliphatic carbocycles. The largest absolute Gasteiger partial charge is 0.513 e. The number of rotatable bonds is 17. The van der Waals surface area contributed by atoms with E-state index in [1.807, 2.05) is 13.8 Å². The van der Waals surface area contributed by atoms with Crippen LogP contribution < -0.4 is 15.2 Å². The van der Waals surface area contributed by atoms with Gasteiger partial charge in [0.2, 0.25) is 0 Å². The van der Waals surface area contributed by atoms with Gasteiger partial charge in [0.25, 0.3) is 0 Å². The van der Waals surface area contributed by atoms with Gasteiger partial charge in [-0.1, -0.05) is 52.5 Å². The van der Waals surface area contributed by atoms with Gasteiger partial charge < -0.3 is 39.3 Å². The van der Waals surface area contributed by atoms with Crippen molar-refractivity contribution in [2.75, 3.05) is 13.2 Å². The van der Waals surface area contributed by atoms with Crippen molar-refractivity contribution in [1.29, 1.82) is 0 Å². The fraction of sp³-hybridized carbons (Fsp3) is 0.655. The Morgan fingerprint density at radius 2 is 1.32 bits per heavy atom. The van der Waals surface area contributed by atoms with Gasteiger partial charge in [-0.15, -0.1) is 0 Å². The third-order valence-electron chi connectivity index (χ3n) is 6.27. The van der Waals surface area contributed by atoms with E-state index in [9.17, 15) is 24.3 Å². The van der Waals surface area contributed by atoms with Gasteiger partial charge in [0, 0.05) is 11.8 Å². The molecule has 12 heteroatoms. The Morgan fingerprint density at radius 3 is 1.80 bits per heavy atom. The molecule has 1 aromatic carbocycles. The number of nitrogens with two attached hydrogens (primary N) is 1. The summed E-state index contributed by atoms with van der Waals surface area (Å²) in [5, 5.41) is 9.75. The first-order chi connectivity index (χ1) is 19.4. The van der Waals surface area contributed by atoms with Crippen molar-refractivity contribution >= 4 is 24.4 Å². The van der Waals surface area contributed by atoms with Crippen molar-refractivity contribution in [2.45, 2.75) is 104 Å². The summed E-state index contributed by atoms with van der Waals surface area (Å²) in [5.41, 5.74) is 6.41. The van der Waals surface area contributed by atoms with Crippen molar-refractivity contribution < 1.29 is 52.7 Å². The number of carboxylic acids is 1. The third kappa shape index (κ3) is 13.1. The Bertz CT molecular complexity index is 982. The van der Waals surface area contributed by atoms with Crippen LogP contribution in [0.1, 0.15) is 91.5 Å². The summed E-state index contributed by atoms with van der Waals surface area (Å²) in [7, 11) is 0. The number of hydrogen-bond donors (Lipinski definition) is 2. The van der Waals surface area contributed by atoms with Gasteiger partial charge >= 0.3 is 24.4 Å². The topological polar surface area (TPSA) is 170 Å². The van der Waals surface area contributed by atoms with Gasteiger partial charge in [0.05, 0.1) is 19.3 Å². The number of benzene rings is 1. The van der Waals surface area contributed by atoms with Gasteiger partial charge in [-0.25, -0.2) is 14.4 Å². The SMILES string of the molecule is CCCCCOC(=O)Oc1ccc(C(C(C)C(C)OC(=O)OC(C)C)[C@H](N)C(=O)O)cc1OC(=O)OCCCCC. The van der Waals surface area contributed by atoms with E-state index in [0.29, 0.717) is 18.4 Å². The van der Waals surface area contributed by atoms with Crippen molar-refractivity contribution in [3.8, 4) is 11.5 Å². The maximum Gasteiger partial charge on any atom is 0.513 e. The number of hydrogen-bond acceptors (Lipinski definition) is 11. The highest BCUT2D eigenvalue weighted by atomic mass is 16.7. The van der Waals surface area contributed by atoms with Crippen molar-refractivity contribution in [3.63, 3.8) is 0 Å². The predicted molar refractivity (Wildman–Crippen MR) is 149 cm³/mol. The molecule has 0 saturated carbocycles. The molecule has 0 fully saturated rings. The number of carboxylic acid groups (broad SMARTS) is 1. The first-order valence-corrected chi connectivity index (χ1v) is 14.1. The quantitative estimate of drug-likeness (QED) is 0.0925. The van der Waals surface area contributed by atoms with Gasteiger partial charge in [-0.05, 0) is 51.3 Å². The smallest absolute Gasteiger partial charge is 0.480 e. The molecule has 12 nitrogen and oxygen atoms in total. The minimum Gasteiger partial charge on any atom is -0.480 e. The van der Waals surface area contributed by atoms with Crippen molar-refractivity contribution in [1.82, 2.24) is 0 Å². The molecule has 41 heavy (non-hydrogen) atoms. The molecule has 1 rings (SSSR count). The first kappa shape index (κ1) is 35.5. The number of carbonyl (C=O) groups excluding carboxylic acids is 3. The van der Waals surface area contributed by atoms with Crippen molar-refractivity contribution in [3.05, 3.63) is 23.8 Å². The molecule has 3 N–H and O–H groups in total. The molecule has 0 spiro atoms. The molecular formula is C29H45NO11. The van der Waals surface area contributed by atoms with E-state index in [1.54, 1.807) is 27.7 Å². The molecule has 4 atom stereocenters. The van der Waals surface area contributed by atoms with Gasteiger partial charge in [0.1, 0.15) is 12.1 Å². The second kappa shape index (κ2) is 18.7. The van der Waals surface area contributed by atoms with Crippen LogP contribution >= 0.6 is 0 Å². The second-order valence-corrected chi connectivity index (χ2v) is 10.0. The summed E-state index contributed by atoms with van der Waals surface area (Å²) >= 11 is 0. The molecular weight excluding hydrogens is 538 g/mol. The lowest BCUT2D eigenvalue weighted by atomic mass is 9.79. The maximum absolute atomic E-state index is 12.4.